The summed E-state index contributed by atoms with van der Waals surface area (Å²) in [6, 6.07) is -0.914. The zero-order valence-electron chi connectivity index (χ0n) is 5.99. The molecule has 0 aliphatic rings. The highest BCUT2D eigenvalue weighted by Gasteiger charge is 2.14. The van der Waals surface area contributed by atoms with Crippen LogP contribution in [0.1, 0.15) is 12.8 Å². The summed E-state index contributed by atoms with van der Waals surface area (Å²) in [5, 5.41) is 8.40. The molecule has 1 atom stereocenters. The number of aliphatic carboxylic acids is 1. The number of amides is 1. The lowest BCUT2D eigenvalue weighted by atomic mass is 10.1. The van der Waals surface area contributed by atoms with Crippen LogP contribution in [0, 0.1) is 0 Å². The van der Waals surface area contributed by atoms with Crippen molar-refractivity contribution in [3.05, 3.63) is 0 Å². The van der Waals surface area contributed by atoms with E-state index in [1.165, 1.54) is 0 Å². The van der Waals surface area contributed by atoms with Gasteiger partial charge in [-0.05, 0) is 13.1 Å². The first kappa shape index (κ1) is 9.61. The fourth-order valence-corrected chi connectivity index (χ4v) is 0.572. The number of carbonyl (C=O) groups excluding carboxylic acids is 1. The summed E-state index contributed by atoms with van der Waals surface area (Å²) in [5.74, 6) is -1.61. The molecule has 0 aromatic rings. The van der Waals surface area contributed by atoms with Gasteiger partial charge in [-0.2, -0.15) is 0 Å². The molecule has 62 valence electrons. The fourth-order valence-electron chi connectivity index (χ4n) is 0.572. The van der Waals surface area contributed by atoms with E-state index in [1.807, 2.05) is 0 Å². The lowest BCUT2D eigenvalue weighted by molar-refractivity contribution is -0.138. The molecule has 0 aliphatic heterocycles. The fraction of sp³-hybridized carbons (Fsp3) is 0.500. The van der Waals surface area contributed by atoms with Crippen LogP contribution in [0.3, 0.4) is 0 Å². The van der Waals surface area contributed by atoms with Gasteiger partial charge in [0.1, 0.15) is 6.04 Å². The molecule has 0 aromatic heterocycles. The second kappa shape index (κ2) is 4.43. The van der Waals surface area contributed by atoms with Gasteiger partial charge >= 0.3 is 5.97 Å². The van der Waals surface area contributed by atoms with Crippen molar-refractivity contribution in [1.29, 1.82) is 0 Å². The van der Waals surface area contributed by atoms with Gasteiger partial charge in [0.15, 0.2) is 0 Å². The van der Waals surface area contributed by atoms with Crippen LogP contribution in [0.5, 0.6) is 0 Å². The molecule has 0 radical (unpaired) electrons. The zero-order chi connectivity index (χ0) is 8.85. The van der Waals surface area contributed by atoms with Crippen molar-refractivity contribution in [3.63, 3.8) is 0 Å². The Bertz CT molecular complexity index is 179. The molecule has 5 heteroatoms. The van der Waals surface area contributed by atoms with Crippen LogP contribution < -0.4 is 5.73 Å². The van der Waals surface area contributed by atoms with Crippen molar-refractivity contribution in [2.75, 3.05) is 0 Å². The maximum atomic E-state index is 10.3. The van der Waals surface area contributed by atoms with Gasteiger partial charge in [0.2, 0.25) is 5.91 Å². The number of carboxylic acids is 1. The average Bonchev–Trinajstić information content (AvgIpc) is 1.87. The normalized spacial score (nSPS) is 12.0. The van der Waals surface area contributed by atoms with Crippen LogP contribution in [-0.4, -0.2) is 29.7 Å². The maximum Gasteiger partial charge on any atom is 0.328 e. The minimum absolute atomic E-state index is 0.0238. The lowest BCUT2D eigenvalue weighted by Crippen LogP contribution is -2.20. The predicted molar refractivity (Wildman–Crippen MR) is 39.4 cm³/mol. The second-order valence-corrected chi connectivity index (χ2v) is 2.04. The summed E-state index contributed by atoms with van der Waals surface area (Å²) < 4.78 is 0. The number of hydrogen-bond acceptors (Lipinski definition) is 3. The first-order valence-corrected chi connectivity index (χ1v) is 3.05. The summed E-state index contributed by atoms with van der Waals surface area (Å²) in [7, 11) is 0. The Morgan fingerprint density at radius 1 is 1.64 bits per heavy atom. The van der Waals surface area contributed by atoms with E-state index >= 15 is 0 Å². The van der Waals surface area contributed by atoms with Crippen molar-refractivity contribution >= 4 is 18.6 Å². The molecule has 0 saturated heterocycles. The molecular formula is C6H10N2O3. The molecule has 0 spiro atoms. The van der Waals surface area contributed by atoms with Gasteiger partial charge in [-0.3, -0.25) is 9.79 Å². The van der Waals surface area contributed by atoms with E-state index in [-0.39, 0.29) is 12.8 Å². The summed E-state index contributed by atoms with van der Waals surface area (Å²) in [5.41, 5.74) is 4.80. The zero-order valence-corrected chi connectivity index (χ0v) is 5.99. The third-order valence-electron chi connectivity index (χ3n) is 1.17. The molecule has 0 bridgehead atoms. The first-order valence-electron chi connectivity index (χ1n) is 3.05. The molecule has 0 saturated carbocycles. The average molecular weight is 158 g/mol. The van der Waals surface area contributed by atoms with Crippen LogP contribution >= 0.6 is 0 Å². The van der Waals surface area contributed by atoms with Crippen molar-refractivity contribution in [1.82, 2.24) is 0 Å². The molecule has 5 nitrogen and oxygen atoms in total. The van der Waals surface area contributed by atoms with E-state index in [4.69, 9.17) is 10.8 Å². The van der Waals surface area contributed by atoms with Crippen molar-refractivity contribution in [2.45, 2.75) is 18.9 Å². The highest BCUT2D eigenvalue weighted by molar-refractivity contribution is 5.77. The van der Waals surface area contributed by atoms with Gasteiger partial charge in [0, 0.05) is 6.42 Å². The maximum absolute atomic E-state index is 10.3. The summed E-state index contributed by atoms with van der Waals surface area (Å²) in [6.07, 6.45) is 0.143. The molecule has 1 amide bonds. The highest BCUT2D eigenvalue weighted by Crippen LogP contribution is 2.00. The largest absolute Gasteiger partial charge is 0.480 e. The number of rotatable bonds is 5. The topological polar surface area (TPSA) is 92.8 Å². The molecule has 0 rings (SSSR count). The van der Waals surface area contributed by atoms with Gasteiger partial charge < -0.3 is 10.8 Å². The van der Waals surface area contributed by atoms with E-state index in [2.05, 4.69) is 11.7 Å². The van der Waals surface area contributed by atoms with Crippen LogP contribution in [0.25, 0.3) is 0 Å². The van der Waals surface area contributed by atoms with Crippen LogP contribution in [0.4, 0.5) is 0 Å². The number of carboxylic acid groups (broad SMARTS) is 1. The molecular weight excluding hydrogens is 148 g/mol. The molecule has 1 unspecified atom stereocenters. The lowest BCUT2D eigenvalue weighted by Gasteiger charge is -2.02. The number of hydrogen-bond donors (Lipinski definition) is 2. The smallest absolute Gasteiger partial charge is 0.328 e. The summed E-state index contributed by atoms with van der Waals surface area (Å²) in [4.78, 5) is 23.8. The quantitative estimate of drug-likeness (QED) is 0.523. The second-order valence-electron chi connectivity index (χ2n) is 2.04. The molecule has 0 heterocycles. The van der Waals surface area contributed by atoms with Crippen molar-refractivity contribution in [2.24, 2.45) is 10.7 Å². The number of nitrogens with two attached hydrogens (primary N) is 1. The Morgan fingerprint density at radius 3 is 2.45 bits per heavy atom. The minimum atomic E-state index is -1.08. The van der Waals surface area contributed by atoms with Crippen molar-refractivity contribution in [3.8, 4) is 0 Å². The monoisotopic (exact) mass is 158 g/mol. The van der Waals surface area contributed by atoms with E-state index in [1.54, 1.807) is 0 Å². The van der Waals surface area contributed by atoms with Gasteiger partial charge in [-0.25, -0.2) is 4.79 Å². The first-order chi connectivity index (χ1) is 5.07. The third-order valence-corrected chi connectivity index (χ3v) is 1.17. The van der Waals surface area contributed by atoms with Crippen molar-refractivity contribution < 1.29 is 14.7 Å². The molecule has 0 aromatic carbocycles. The Labute approximate surface area is 63.9 Å². The minimum Gasteiger partial charge on any atom is -0.480 e. The van der Waals surface area contributed by atoms with Gasteiger partial charge in [-0.15, -0.1) is 0 Å². The Morgan fingerprint density at radius 2 is 2.18 bits per heavy atom. The van der Waals surface area contributed by atoms with E-state index < -0.39 is 17.9 Å². The van der Waals surface area contributed by atoms with Crippen LogP contribution in [0.15, 0.2) is 4.99 Å². The van der Waals surface area contributed by atoms with Crippen LogP contribution in [-0.2, 0) is 9.59 Å². The summed E-state index contributed by atoms with van der Waals surface area (Å²) in [6.45, 7) is 3.08. The molecule has 0 aliphatic carbocycles. The van der Waals surface area contributed by atoms with Gasteiger partial charge in [0.25, 0.3) is 0 Å². The summed E-state index contributed by atoms with van der Waals surface area (Å²) >= 11 is 0. The highest BCUT2D eigenvalue weighted by atomic mass is 16.4. The van der Waals surface area contributed by atoms with Gasteiger partial charge in [0.05, 0.1) is 0 Å². The third kappa shape index (κ3) is 4.07. The van der Waals surface area contributed by atoms with E-state index in [0.717, 1.165) is 0 Å². The van der Waals surface area contributed by atoms with E-state index in [9.17, 15) is 9.59 Å². The van der Waals surface area contributed by atoms with Gasteiger partial charge in [-0.1, -0.05) is 0 Å². The Hall–Kier alpha value is -1.39. The number of carbonyl (C=O) groups is 2. The SMILES string of the molecule is C=NC(CCC(N)=O)C(=O)O. The Kier molecular flexibility index (Phi) is 3.87. The number of aliphatic imine (C=N–C) groups is 1. The number of nitrogens with zero attached hydrogens (tertiary/aromatic N) is 1. The predicted octanol–water partition coefficient (Wildman–Crippen LogP) is -0.594. The number of primary amides is 1. The standard InChI is InChI=1S/C6H10N2O3/c1-8-4(6(10)11)2-3-5(7)9/h4H,1-3H2,(H2,7,9)(H,10,11). The van der Waals surface area contributed by atoms with E-state index in [0.29, 0.717) is 0 Å². The Balaban J connectivity index is 3.79. The van der Waals surface area contributed by atoms with Crippen LogP contribution in [0.2, 0.25) is 0 Å². The molecule has 3 N–H and O–H groups in total. The molecule has 0 fully saturated rings. The molecule has 11 heavy (non-hydrogen) atoms.